The normalized spacial score (nSPS) is 12.2. The van der Waals surface area contributed by atoms with E-state index < -0.39 is 10.0 Å². The fourth-order valence-electron chi connectivity index (χ4n) is 1.98. The Labute approximate surface area is 126 Å². The highest BCUT2D eigenvalue weighted by Crippen LogP contribution is 2.21. The summed E-state index contributed by atoms with van der Waals surface area (Å²) < 4.78 is 27.1. The molecule has 0 aliphatic carbocycles. The van der Waals surface area contributed by atoms with Crippen LogP contribution in [-0.4, -0.2) is 46.5 Å². The van der Waals surface area contributed by atoms with E-state index >= 15 is 0 Å². The molecule has 1 aromatic rings. The largest absolute Gasteiger partial charge is 0.315 e. The van der Waals surface area contributed by atoms with Crippen LogP contribution in [0.3, 0.4) is 0 Å². The van der Waals surface area contributed by atoms with E-state index in [1.54, 1.807) is 6.07 Å². The summed E-state index contributed by atoms with van der Waals surface area (Å²) in [5.74, 6) is 0. The van der Waals surface area contributed by atoms with Gasteiger partial charge in [-0.1, -0.05) is 13.8 Å². The first-order valence-corrected chi connectivity index (χ1v) is 9.34. The maximum atomic E-state index is 12.2. The lowest BCUT2D eigenvalue weighted by molar-refractivity contribution is 0.300. The van der Waals surface area contributed by atoms with Crippen molar-refractivity contribution in [3.8, 4) is 0 Å². The molecule has 0 radical (unpaired) electrons. The molecule has 0 atom stereocenters. The van der Waals surface area contributed by atoms with Crippen LogP contribution < -0.4 is 10.0 Å². The molecule has 0 saturated carbocycles. The highest BCUT2D eigenvalue weighted by Gasteiger charge is 2.18. The summed E-state index contributed by atoms with van der Waals surface area (Å²) in [5, 5.41) is 4.81. The minimum absolute atomic E-state index is 0.402. The molecule has 0 aromatic carbocycles. The number of nitrogens with one attached hydrogen (secondary N) is 2. The lowest BCUT2D eigenvalue weighted by atomic mass is 10.4. The second-order valence-electron chi connectivity index (χ2n) is 4.52. The van der Waals surface area contributed by atoms with Crippen molar-refractivity contribution in [3.63, 3.8) is 0 Å². The molecule has 7 heteroatoms. The van der Waals surface area contributed by atoms with Gasteiger partial charge in [0.25, 0.3) is 0 Å². The standard InChI is InChI=1S/C13H25N3O2S2/c1-4-16(5-2)9-6-8-15-20(17,18)13-7-10-19-12(13)11-14-3/h7,10,14-15H,4-6,8-9,11H2,1-3H3. The topological polar surface area (TPSA) is 61.4 Å². The second kappa shape index (κ2) is 8.74. The van der Waals surface area contributed by atoms with Crippen molar-refractivity contribution in [2.45, 2.75) is 31.7 Å². The lowest BCUT2D eigenvalue weighted by Gasteiger charge is -2.17. The summed E-state index contributed by atoms with van der Waals surface area (Å²) in [4.78, 5) is 3.54. The van der Waals surface area contributed by atoms with E-state index in [0.29, 0.717) is 18.0 Å². The van der Waals surface area contributed by atoms with Crippen molar-refractivity contribution in [1.29, 1.82) is 0 Å². The molecular weight excluding hydrogens is 294 g/mol. The molecule has 1 heterocycles. The van der Waals surface area contributed by atoms with Crippen LogP contribution >= 0.6 is 11.3 Å². The Morgan fingerprint density at radius 3 is 2.60 bits per heavy atom. The highest BCUT2D eigenvalue weighted by atomic mass is 32.2. The number of sulfonamides is 1. The molecule has 20 heavy (non-hydrogen) atoms. The van der Waals surface area contributed by atoms with Gasteiger partial charge >= 0.3 is 0 Å². The molecule has 0 saturated heterocycles. The second-order valence-corrected chi connectivity index (χ2v) is 7.25. The number of thiophene rings is 1. The van der Waals surface area contributed by atoms with Gasteiger partial charge in [0.1, 0.15) is 0 Å². The van der Waals surface area contributed by atoms with Crippen LogP contribution in [0, 0.1) is 0 Å². The molecule has 0 bridgehead atoms. The Hall–Kier alpha value is -0.470. The minimum Gasteiger partial charge on any atom is -0.315 e. The van der Waals surface area contributed by atoms with E-state index in [-0.39, 0.29) is 0 Å². The Morgan fingerprint density at radius 2 is 2.00 bits per heavy atom. The van der Waals surface area contributed by atoms with E-state index in [1.165, 1.54) is 11.3 Å². The molecular formula is C13H25N3O2S2. The maximum Gasteiger partial charge on any atom is 0.241 e. The van der Waals surface area contributed by atoms with Crippen molar-refractivity contribution in [1.82, 2.24) is 14.9 Å². The fourth-order valence-corrected chi connectivity index (χ4v) is 4.51. The van der Waals surface area contributed by atoms with Crippen molar-refractivity contribution in [3.05, 3.63) is 16.3 Å². The van der Waals surface area contributed by atoms with Crippen LogP contribution in [-0.2, 0) is 16.6 Å². The summed E-state index contributed by atoms with van der Waals surface area (Å²) in [5.41, 5.74) is 0. The summed E-state index contributed by atoms with van der Waals surface area (Å²) >= 11 is 1.46. The summed E-state index contributed by atoms with van der Waals surface area (Å²) in [6.45, 7) is 8.20. The Morgan fingerprint density at radius 1 is 1.30 bits per heavy atom. The SMILES string of the molecule is CCN(CC)CCCNS(=O)(=O)c1ccsc1CNC. The summed E-state index contributed by atoms with van der Waals surface area (Å²) in [6.07, 6.45) is 0.826. The highest BCUT2D eigenvalue weighted by molar-refractivity contribution is 7.89. The Balaban J connectivity index is 2.51. The van der Waals surface area contributed by atoms with E-state index in [4.69, 9.17) is 0 Å². The third-order valence-corrected chi connectivity index (χ3v) is 5.76. The van der Waals surface area contributed by atoms with Crippen molar-refractivity contribution >= 4 is 21.4 Å². The van der Waals surface area contributed by atoms with E-state index in [0.717, 1.165) is 30.9 Å². The molecule has 0 unspecified atom stereocenters. The first-order chi connectivity index (χ1) is 9.55. The van der Waals surface area contributed by atoms with Crippen molar-refractivity contribution in [2.75, 3.05) is 33.2 Å². The Bertz CT molecular complexity index is 482. The van der Waals surface area contributed by atoms with Crippen LogP contribution in [0.15, 0.2) is 16.3 Å². The van der Waals surface area contributed by atoms with Crippen LogP contribution in [0.25, 0.3) is 0 Å². The van der Waals surface area contributed by atoms with Gasteiger partial charge in [-0.05, 0) is 44.5 Å². The van der Waals surface area contributed by atoms with E-state index in [9.17, 15) is 8.42 Å². The van der Waals surface area contributed by atoms with Gasteiger partial charge in [-0.2, -0.15) is 0 Å². The van der Waals surface area contributed by atoms with E-state index in [2.05, 4.69) is 28.8 Å². The zero-order valence-electron chi connectivity index (χ0n) is 12.5. The smallest absolute Gasteiger partial charge is 0.241 e. The van der Waals surface area contributed by atoms with Gasteiger partial charge in [0, 0.05) is 18.0 Å². The molecule has 0 fully saturated rings. The first kappa shape index (κ1) is 17.6. The number of rotatable bonds is 10. The molecule has 2 N–H and O–H groups in total. The van der Waals surface area contributed by atoms with Crippen molar-refractivity contribution < 1.29 is 8.42 Å². The van der Waals surface area contributed by atoms with Gasteiger partial charge in [-0.3, -0.25) is 0 Å². The first-order valence-electron chi connectivity index (χ1n) is 6.98. The molecule has 116 valence electrons. The van der Waals surface area contributed by atoms with Gasteiger partial charge in [-0.15, -0.1) is 11.3 Å². The average molecular weight is 319 g/mol. The van der Waals surface area contributed by atoms with E-state index in [1.807, 2.05) is 12.4 Å². The molecule has 0 spiro atoms. The van der Waals surface area contributed by atoms with Crippen LogP contribution in [0.4, 0.5) is 0 Å². The van der Waals surface area contributed by atoms with Gasteiger partial charge in [0.05, 0.1) is 4.90 Å². The number of hydrogen-bond donors (Lipinski definition) is 2. The predicted molar refractivity (Wildman–Crippen MR) is 84.7 cm³/mol. The third kappa shape index (κ3) is 5.14. The lowest BCUT2D eigenvalue weighted by Crippen LogP contribution is -2.30. The molecule has 0 aliphatic rings. The molecule has 5 nitrogen and oxygen atoms in total. The third-order valence-electron chi connectivity index (χ3n) is 3.17. The minimum atomic E-state index is -3.38. The zero-order valence-corrected chi connectivity index (χ0v) is 14.1. The van der Waals surface area contributed by atoms with Crippen LogP contribution in [0.5, 0.6) is 0 Å². The van der Waals surface area contributed by atoms with Crippen molar-refractivity contribution in [2.24, 2.45) is 0 Å². The molecule has 0 aliphatic heterocycles. The van der Waals surface area contributed by atoms with Gasteiger partial charge in [0.2, 0.25) is 10.0 Å². The van der Waals surface area contributed by atoms with Gasteiger partial charge in [-0.25, -0.2) is 13.1 Å². The molecule has 1 rings (SSSR count). The van der Waals surface area contributed by atoms with Crippen LogP contribution in [0.2, 0.25) is 0 Å². The number of nitrogens with zero attached hydrogens (tertiary/aromatic N) is 1. The predicted octanol–water partition coefficient (Wildman–Crippen LogP) is 1.48. The zero-order chi connectivity index (χ0) is 15.0. The maximum absolute atomic E-state index is 12.2. The van der Waals surface area contributed by atoms with Crippen LogP contribution in [0.1, 0.15) is 25.1 Å². The summed E-state index contributed by atoms with van der Waals surface area (Å²) in [7, 11) is -1.57. The summed E-state index contributed by atoms with van der Waals surface area (Å²) in [6, 6.07) is 1.67. The monoisotopic (exact) mass is 319 g/mol. The number of hydrogen-bond acceptors (Lipinski definition) is 5. The fraction of sp³-hybridized carbons (Fsp3) is 0.692. The van der Waals surface area contributed by atoms with Gasteiger partial charge in [0.15, 0.2) is 0 Å². The molecule has 1 aromatic heterocycles. The average Bonchev–Trinajstić information content (AvgIpc) is 2.88. The van der Waals surface area contributed by atoms with Gasteiger partial charge < -0.3 is 10.2 Å². The quantitative estimate of drug-likeness (QED) is 0.641. The molecule has 0 amide bonds. The Kier molecular flexibility index (Phi) is 7.68.